The Labute approximate surface area is 106 Å². The van der Waals surface area contributed by atoms with Gasteiger partial charge in [-0.15, -0.1) is 0 Å². The molecule has 0 fully saturated rings. The third-order valence-electron chi connectivity index (χ3n) is 2.83. The molecule has 0 aromatic heterocycles. The van der Waals surface area contributed by atoms with E-state index in [1.165, 1.54) is 0 Å². The summed E-state index contributed by atoms with van der Waals surface area (Å²) in [6.07, 6.45) is 0. The molecule has 0 unspecified atom stereocenters. The van der Waals surface area contributed by atoms with Crippen LogP contribution in [0.25, 0.3) is 0 Å². The van der Waals surface area contributed by atoms with Crippen LogP contribution in [0, 0.1) is 0 Å². The van der Waals surface area contributed by atoms with Crippen LogP contribution < -0.4 is 10.1 Å². The van der Waals surface area contributed by atoms with Gasteiger partial charge in [0.15, 0.2) is 0 Å². The van der Waals surface area contributed by atoms with Crippen molar-refractivity contribution >= 4 is 5.91 Å². The second kappa shape index (κ2) is 6.37. The maximum atomic E-state index is 11.6. The van der Waals surface area contributed by atoms with Crippen molar-refractivity contribution in [2.24, 2.45) is 0 Å². The molecule has 0 saturated heterocycles. The van der Waals surface area contributed by atoms with Crippen LogP contribution in [0.1, 0.15) is 5.56 Å². The minimum absolute atomic E-state index is 0.0301. The van der Waals surface area contributed by atoms with Crippen molar-refractivity contribution in [1.82, 2.24) is 10.2 Å². The topological polar surface area (TPSA) is 61.8 Å². The SMILES string of the molecule is O=C(CN1CCOc2ccccc2C1)NCCO. The number of aliphatic hydroxyl groups is 1. The van der Waals surface area contributed by atoms with Crippen molar-refractivity contribution < 1.29 is 14.6 Å². The number of amides is 1. The number of benzene rings is 1. The number of nitrogens with zero attached hydrogens (tertiary/aromatic N) is 1. The van der Waals surface area contributed by atoms with Crippen molar-refractivity contribution in [1.29, 1.82) is 0 Å². The van der Waals surface area contributed by atoms with Crippen LogP contribution >= 0.6 is 0 Å². The predicted molar refractivity (Wildman–Crippen MR) is 67.3 cm³/mol. The quantitative estimate of drug-likeness (QED) is 0.789. The zero-order valence-corrected chi connectivity index (χ0v) is 10.3. The van der Waals surface area contributed by atoms with E-state index < -0.39 is 0 Å². The van der Waals surface area contributed by atoms with E-state index in [1.54, 1.807) is 0 Å². The molecule has 0 spiro atoms. The third-order valence-corrected chi connectivity index (χ3v) is 2.83. The number of para-hydroxylation sites is 1. The molecule has 18 heavy (non-hydrogen) atoms. The molecule has 1 aliphatic heterocycles. The molecule has 1 heterocycles. The minimum Gasteiger partial charge on any atom is -0.492 e. The Hall–Kier alpha value is -1.59. The van der Waals surface area contributed by atoms with Crippen LogP contribution in [-0.2, 0) is 11.3 Å². The Kier molecular flexibility index (Phi) is 4.55. The van der Waals surface area contributed by atoms with Gasteiger partial charge in [-0.3, -0.25) is 9.69 Å². The maximum Gasteiger partial charge on any atom is 0.234 e. The van der Waals surface area contributed by atoms with Crippen LogP contribution in [-0.4, -0.2) is 48.8 Å². The maximum absolute atomic E-state index is 11.6. The molecule has 5 nitrogen and oxygen atoms in total. The van der Waals surface area contributed by atoms with Crippen LogP contribution in [0.2, 0.25) is 0 Å². The molecule has 0 bridgehead atoms. The van der Waals surface area contributed by atoms with E-state index in [2.05, 4.69) is 5.32 Å². The van der Waals surface area contributed by atoms with E-state index in [0.29, 0.717) is 26.2 Å². The van der Waals surface area contributed by atoms with E-state index in [-0.39, 0.29) is 12.5 Å². The van der Waals surface area contributed by atoms with Gasteiger partial charge in [0.25, 0.3) is 0 Å². The summed E-state index contributed by atoms with van der Waals surface area (Å²) in [5, 5.41) is 11.3. The first-order chi connectivity index (χ1) is 8.79. The number of hydrogen-bond donors (Lipinski definition) is 2. The standard InChI is InChI=1S/C13H18N2O3/c16-7-5-14-13(17)10-15-6-8-18-12-4-2-1-3-11(12)9-15/h1-4,16H,5-10H2,(H,14,17). The lowest BCUT2D eigenvalue weighted by molar-refractivity contribution is -0.122. The number of ether oxygens (including phenoxy) is 1. The first-order valence-corrected chi connectivity index (χ1v) is 6.10. The van der Waals surface area contributed by atoms with Gasteiger partial charge in [-0.05, 0) is 6.07 Å². The molecular formula is C13H18N2O3. The number of fused-ring (bicyclic) bond motifs is 1. The lowest BCUT2D eigenvalue weighted by Gasteiger charge is -2.18. The average molecular weight is 250 g/mol. The fourth-order valence-corrected chi connectivity index (χ4v) is 1.97. The number of aliphatic hydroxyl groups excluding tert-OH is 1. The molecule has 0 aliphatic carbocycles. The zero-order valence-electron chi connectivity index (χ0n) is 10.3. The molecule has 0 radical (unpaired) electrons. The molecule has 5 heteroatoms. The predicted octanol–water partition coefficient (Wildman–Crippen LogP) is -0.0105. The highest BCUT2D eigenvalue weighted by molar-refractivity contribution is 5.78. The first kappa shape index (κ1) is 12.9. The summed E-state index contributed by atoms with van der Waals surface area (Å²) < 4.78 is 5.63. The van der Waals surface area contributed by atoms with Gasteiger partial charge in [-0.1, -0.05) is 18.2 Å². The summed E-state index contributed by atoms with van der Waals surface area (Å²) in [6.45, 7) is 2.63. The van der Waals surface area contributed by atoms with Crippen molar-refractivity contribution in [3.8, 4) is 5.75 Å². The highest BCUT2D eigenvalue weighted by Crippen LogP contribution is 2.21. The first-order valence-electron chi connectivity index (χ1n) is 6.10. The minimum atomic E-state index is -0.0663. The molecule has 1 aliphatic rings. The molecule has 98 valence electrons. The van der Waals surface area contributed by atoms with Gasteiger partial charge < -0.3 is 15.2 Å². The molecule has 2 rings (SSSR count). The Bertz CT molecular complexity index is 409. The van der Waals surface area contributed by atoms with Gasteiger partial charge in [-0.25, -0.2) is 0 Å². The lowest BCUT2D eigenvalue weighted by atomic mass is 10.2. The van der Waals surface area contributed by atoms with Crippen LogP contribution in [0.4, 0.5) is 0 Å². The highest BCUT2D eigenvalue weighted by atomic mass is 16.5. The van der Waals surface area contributed by atoms with E-state index in [1.807, 2.05) is 29.2 Å². The number of rotatable bonds is 4. The summed E-state index contributed by atoms with van der Waals surface area (Å²) in [4.78, 5) is 13.6. The van der Waals surface area contributed by atoms with E-state index >= 15 is 0 Å². The van der Waals surface area contributed by atoms with E-state index in [0.717, 1.165) is 17.9 Å². The fourth-order valence-electron chi connectivity index (χ4n) is 1.97. The number of carbonyl (C=O) groups excluding carboxylic acids is 1. The molecular weight excluding hydrogens is 232 g/mol. The van der Waals surface area contributed by atoms with Crippen molar-refractivity contribution in [3.05, 3.63) is 29.8 Å². The van der Waals surface area contributed by atoms with Gasteiger partial charge in [0.2, 0.25) is 5.91 Å². The second-order valence-electron chi connectivity index (χ2n) is 4.24. The van der Waals surface area contributed by atoms with Crippen LogP contribution in [0.15, 0.2) is 24.3 Å². The molecule has 0 saturated carbocycles. The monoisotopic (exact) mass is 250 g/mol. The second-order valence-corrected chi connectivity index (χ2v) is 4.24. The Balaban J connectivity index is 1.93. The Morgan fingerprint density at radius 2 is 2.28 bits per heavy atom. The van der Waals surface area contributed by atoms with Gasteiger partial charge in [0.1, 0.15) is 12.4 Å². The molecule has 1 amide bonds. The molecule has 2 N–H and O–H groups in total. The summed E-state index contributed by atoms with van der Waals surface area (Å²) in [7, 11) is 0. The van der Waals surface area contributed by atoms with Crippen LogP contribution in [0.3, 0.4) is 0 Å². The van der Waals surface area contributed by atoms with E-state index in [9.17, 15) is 4.79 Å². The largest absolute Gasteiger partial charge is 0.492 e. The Morgan fingerprint density at radius 3 is 3.11 bits per heavy atom. The number of carbonyl (C=O) groups is 1. The van der Waals surface area contributed by atoms with Gasteiger partial charge in [0.05, 0.1) is 13.2 Å². The van der Waals surface area contributed by atoms with Crippen molar-refractivity contribution in [2.45, 2.75) is 6.54 Å². The fraction of sp³-hybridized carbons (Fsp3) is 0.462. The summed E-state index contributed by atoms with van der Waals surface area (Å²) >= 11 is 0. The average Bonchev–Trinajstić information content (AvgIpc) is 2.57. The summed E-state index contributed by atoms with van der Waals surface area (Å²) in [5.74, 6) is 0.833. The van der Waals surface area contributed by atoms with Gasteiger partial charge >= 0.3 is 0 Å². The highest BCUT2D eigenvalue weighted by Gasteiger charge is 2.16. The van der Waals surface area contributed by atoms with Crippen molar-refractivity contribution in [2.75, 3.05) is 32.8 Å². The van der Waals surface area contributed by atoms with Crippen LogP contribution in [0.5, 0.6) is 5.75 Å². The van der Waals surface area contributed by atoms with E-state index in [4.69, 9.17) is 9.84 Å². The molecule has 1 aromatic carbocycles. The molecule has 1 aromatic rings. The van der Waals surface area contributed by atoms with Crippen molar-refractivity contribution in [3.63, 3.8) is 0 Å². The summed E-state index contributed by atoms with van der Waals surface area (Å²) in [6, 6.07) is 7.88. The smallest absolute Gasteiger partial charge is 0.234 e. The summed E-state index contributed by atoms with van der Waals surface area (Å²) in [5.41, 5.74) is 1.10. The van der Waals surface area contributed by atoms with Gasteiger partial charge in [0, 0.05) is 25.2 Å². The van der Waals surface area contributed by atoms with Gasteiger partial charge in [-0.2, -0.15) is 0 Å². The third kappa shape index (κ3) is 3.45. The normalized spacial score (nSPS) is 15.4. The number of hydrogen-bond acceptors (Lipinski definition) is 4. The Morgan fingerprint density at radius 1 is 1.44 bits per heavy atom. The lowest BCUT2D eigenvalue weighted by Crippen LogP contribution is -2.38. The number of nitrogens with one attached hydrogen (secondary N) is 1. The zero-order chi connectivity index (χ0) is 12.8. The molecule has 0 atom stereocenters.